The third kappa shape index (κ3) is 2.49. The SMILES string of the molecule is NC(=O)C1CC(=O)N(c2cc(-c3cccc(F)c3)[nH]n2)C1. The van der Waals surface area contributed by atoms with Crippen molar-refractivity contribution in [3.63, 3.8) is 0 Å². The Labute approximate surface area is 119 Å². The summed E-state index contributed by atoms with van der Waals surface area (Å²) in [6.45, 7) is 0.224. The molecule has 3 rings (SSSR count). The summed E-state index contributed by atoms with van der Waals surface area (Å²) >= 11 is 0. The fraction of sp³-hybridized carbons (Fsp3) is 0.214. The van der Waals surface area contributed by atoms with E-state index in [1.54, 1.807) is 18.2 Å². The minimum Gasteiger partial charge on any atom is -0.369 e. The first kappa shape index (κ1) is 13.3. The first-order valence-electron chi connectivity index (χ1n) is 6.45. The zero-order valence-electron chi connectivity index (χ0n) is 11.0. The minimum atomic E-state index is -0.494. The van der Waals surface area contributed by atoms with Crippen molar-refractivity contribution in [3.05, 3.63) is 36.1 Å². The summed E-state index contributed by atoms with van der Waals surface area (Å²) in [6.07, 6.45) is 0.0947. The molecule has 1 aromatic heterocycles. The second-order valence-corrected chi connectivity index (χ2v) is 4.96. The lowest BCUT2D eigenvalue weighted by molar-refractivity contribution is -0.123. The summed E-state index contributed by atoms with van der Waals surface area (Å²) in [6, 6.07) is 7.70. The van der Waals surface area contributed by atoms with Crippen LogP contribution in [0, 0.1) is 11.7 Å². The van der Waals surface area contributed by atoms with E-state index in [1.165, 1.54) is 17.0 Å². The fourth-order valence-corrected chi connectivity index (χ4v) is 2.37. The Morgan fingerprint density at radius 3 is 2.90 bits per heavy atom. The van der Waals surface area contributed by atoms with Gasteiger partial charge in [-0.3, -0.25) is 19.6 Å². The molecular weight excluding hydrogens is 275 g/mol. The number of halogens is 1. The minimum absolute atomic E-state index is 0.0947. The number of anilines is 1. The Kier molecular flexibility index (Phi) is 3.17. The van der Waals surface area contributed by atoms with Crippen LogP contribution in [0.15, 0.2) is 30.3 Å². The number of benzene rings is 1. The predicted molar refractivity (Wildman–Crippen MR) is 73.6 cm³/mol. The Morgan fingerprint density at radius 1 is 1.43 bits per heavy atom. The second kappa shape index (κ2) is 5.01. The molecule has 108 valence electrons. The Hall–Kier alpha value is -2.70. The number of nitrogens with zero attached hydrogens (tertiary/aromatic N) is 2. The number of nitrogens with two attached hydrogens (primary N) is 1. The lowest BCUT2D eigenvalue weighted by atomic mass is 10.1. The monoisotopic (exact) mass is 288 g/mol. The van der Waals surface area contributed by atoms with Crippen LogP contribution in [0.4, 0.5) is 10.2 Å². The molecule has 1 saturated heterocycles. The highest BCUT2D eigenvalue weighted by atomic mass is 19.1. The topological polar surface area (TPSA) is 92.1 Å². The van der Waals surface area contributed by atoms with E-state index >= 15 is 0 Å². The van der Waals surface area contributed by atoms with Gasteiger partial charge in [-0.1, -0.05) is 12.1 Å². The lowest BCUT2D eigenvalue weighted by Gasteiger charge is -2.11. The molecule has 1 aliphatic heterocycles. The quantitative estimate of drug-likeness (QED) is 0.884. The van der Waals surface area contributed by atoms with Crippen LogP contribution in [-0.4, -0.2) is 28.6 Å². The van der Waals surface area contributed by atoms with Crippen LogP contribution in [0.3, 0.4) is 0 Å². The van der Waals surface area contributed by atoms with Gasteiger partial charge >= 0.3 is 0 Å². The number of primary amides is 1. The second-order valence-electron chi connectivity index (χ2n) is 4.96. The number of hydrogen-bond donors (Lipinski definition) is 2. The molecule has 0 spiro atoms. The maximum absolute atomic E-state index is 13.2. The van der Waals surface area contributed by atoms with Gasteiger partial charge in [-0.2, -0.15) is 5.10 Å². The molecular formula is C14H13FN4O2. The molecule has 1 unspecified atom stereocenters. The summed E-state index contributed by atoms with van der Waals surface area (Å²) in [5, 5.41) is 6.82. The third-order valence-electron chi connectivity index (χ3n) is 3.50. The first-order valence-corrected chi connectivity index (χ1v) is 6.45. The number of aromatic nitrogens is 2. The molecule has 0 saturated carbocycles. The average molecular weight is 288 g/mol. The lowest BCUT2D eigenvalue weighted by Crippen LogP contribution is -2.28. The van der Waals surface area contributed by atoms with Crippen molar-refractivity contribution >= 4 is 17.6 Å². The van der Waals surface area contributed by atoms with E-state index in [1.807, 2.05) is 0 Å². The maximum atomic E-state index is 13.2. The van der Waals surface area contributed by atoms with Crippen LogP contribution in [0.2, 0.25) is 0 Å². The fourth-order valence-electron chi connectivity index (χ4n) is 2.37. The third-order valence-corrected chi connectivity index (χ3v) is 3.50. The highest BCUT2D eigenvalue weighted by Crippen LogP contribution is 2.27. The van der Waals surface area contributed by atoms with Gasteiger partial charge < -0.3 is 5.73 Å². The zero-order chi connectivity index (χ0) is 15.0. The number of carbonyl (C=O) groups is 2. The van der Waals surface area contributed by atoms with Gasteiger partial charge in [0.15, 0.2) is 5.82 Å². The van der Waals surface area contributed by atoms with Crippen molar-refractivity contribution in [2.24, 2.45) is 11.7 Å². The molecule has 1 aliphatic rings. The molecule has 6 nitrogen and oxygen atoms in total. The number of aromatic amines is 1. The van der Waals surface area contributed by atoms with Crippen molar-refractivity contribution < 1.29 is 14.0 Å². The van der Waals surface area contributed by atoms with Crippen LogP contribution in [0.1, 0.15) is 6.42 Å². The normalized spacial score (nSPS) is 18.2. The molecule has 2 heterocycles. The molecule has 0 bridgehead atoms. The van der Waals surface area contributed by atoms with E-state index in [0.717, 1.165) is 0 Å². The van der Waals surface area contributed by atoms with E-state index < -0.39 is 11.8 Å². The summed E-state index contributed by atoms with van der Waals surface area (Å²) in [5.41, 5.74) is 6.45. The van der Waals surface area contributed by atoms with Gasteiger partial charge in [-0.05, 0) is 12.1 Å². The van der Waals surface area contributed by atoms with E-state index in [9.17, 15) is 14.0 Å². The molecule has 1 aromatic carbocycles. The number of amides is 2. The molecule has 3 N–H and O–H groups in total. The number of rotatable bonds is 3. The molecule has 0 radical (unpaired) electrons. The highest BCUT2D eigenvalue weighted by molar-refractivity contribution is 5.99. The van der Waals surface area contributed by atoms with E-state index in [-0.39, 0.29) is 24.7 Å². The van der Waals surface area contributed by atoms with Gasteiger partial charge in [0.1, 0.15) is 5.82 Å². The summed E-state index contributed by atoms with van der Waals surface area (Å²) in [4.78, 5) is 24.5. The van der Waals surface area contributed by atoms with Gasteiger partial charge in [-0.15, -0.1) is 0 Å². The van der Waals surface area contributed by atoms with Crippen LogP contribution >= 0.6 is 0 Å². The maximum Gasteiger partial charge on any atom is 0.229 e. The summed E-state index contributed by atoms with van der Waals surface area (Å²) < 4.78 is 13.2. The van der Waals surface area contributed by atoms with Gasteiger partial charge in [0.05, 0.1) is 11.6 Å². The molecule has 21 heavy (non-hydrogen) atoms. The molecule has 7 heteroatoms. The van der Waals surface area contributed by atoms with Crippen LogP contribution in [0.5, 0.6) is 0 Å². The zero-order valence-corrected chi connectivity index (χ0v) is 11.0. The van der Waals surface area contributed by atoms with Crippen LogP contribution < -0.4 is 10.6 Å². The van der Waals surface area contributed by atoms with Crippen LogP contribution in [-0.2, 0) is 9.59 Å². The van der Waals surface area contributed by atoms with Gasteiger partial charge in [0.25, 0.3) is 0 Å². The number of H-pyrrole nitrogens is 1. The smallest absolute Gasteiger partial charge is 0.229 e. The van der Waals surface area contributed by atoms with Gasteiger partial charge in [-0.25, -0.2) is 4.39 Å². The molecule has 1 fully saturated rings. The number of hydrogen-bond acceptors (Lipinski definition) is 3. The van der Waals surface area contributed by atoms with Crippen molar-refractivity contribution in [2.75, 3.05) is 11.4 Å². The van der Waals surface area contributed by atoms with Gasteiger partial charge in [0.2, 0.25) is 11.8 Å². The Bertz CT molecular complexity index is 713. The van der Waals surface area contributed by atoms with E-state index in [4.69, 9.17) is 5.73 Å². The molecule has 0 aliphatic carbocycles. The standard InChI is InChI=1S/C14H13FN4O2/c15-10-3-1-2-8(4-10)11-6-12(18-17-11)19-7-9(14(16)21)5-13(19)20/h1-4,6,9H,5,7H2,(H2,16,21)(H,17,18). The van der Waals surface area contributed by atoms with Crippen molar-refractivity contribution in [3.8, 4) is 11.3 Å². The first-order chi connectivity index (χ1) is 10.0. The predicted octanol–water partition coefficient (Wildman–Crippen LogP) is 1.05. The van der Waals surface area contributed by atoms with Crippen LogP contribution in [0.25, 0.3) is 11.3 Å². The average Bonchev–Trinajstić information content (AvgIpc) is 3.05. The van der Waals surface area contributed by atoms with Crippen molar-refractivity contribution in [1.82, 2.24) is 10.2 Å². The van der Waals surface area contributed by atoms with Gasteiger partial charge in [0, 0.05) is 24.6 Å². The van der Waals surface area contributed by atoms with E-state index in [0.29, 0.717) is 17.1 Å². The Morgan fingerprint density at radius 2 is 2.24 bits per heavy atom. The van der Waals surface area contributed by atoms with Crippen molar-refractivity contribution in [1.29, 1.82) is 0 Å². The molecule has 2 aromatic rings. The summed E-state index contributed by atoms with van der Waals surface area (Å²) in [7, 11) is 0. The van der Waals surface area contributed by atoms with Crippen molar-refractivity contribution in [2.45, 2.75) is 6.42 Å². The Balaban J connectivity index is 1.86. The molecule has 2 amide bonds. The highest BCUT2D eigenvalue weighted by Gasteiger charge is 2.35. The van der Waals surface area contributed by atoms with E-state index in [2.05, 4.69) is 10.2 Å². The molecule has 1 atom stereocenters. The number of nitrogens with one attached hydrogen (secondary N) is 1. The largest absolute Gasteiger partial charge is 0.369 e. The number of carbonyl (C=O) groups excluding carboxylic acids is 2. The summed E-state index contributed by atoms with van der Waals surface area (Å²) in [5.74, 6) is -1.13.